The van der Waals surface area contributed by atoms with E-state index in [1.165, 1.54) is 0 Å². The summed E-state index contributed by atoms with van der Waals surface area (Å²) in [6.07, 6.45) is 5.65. The van der Waals surface area contributed by atoms with Crippen molar-refractivity contribution in [2.24, 2.45) is 0 Å². The van der Waals surface area contributed by atoms with Crippen molar-refractivity contribution in [3.05, 3.63) is 316 Å². The Morgan fingerprint density at radius 1 is 0.333 bits per heavy atom. The third-order valence-electron chi connectivity index (χ3n) is 16.9. The molecule has 0 fully saturated rings. The molecule has 0 amide bonds. The molecule has 0 saturated carbocycles. The second kappa shape index (κ2) is 21.2. The van der Waals surface area contributed by atoms with Gasteiger partial charge in [-0.1, -0.05) is 232 Å². The molecular weight excluding hydrogens is 1060 g/mol. The second-order valence-corrected chi connectivity index (χ2v) is 21.9. The van der Waals surface area contributed by atoms with Gasteiger partial charge >= 0.3 is 0 Å². The van der Waals surface area contributed by atoms with E-state index in [1.807, 2.05) is 24.3 Å². The Hall–Kier alpha value is -11.7. The van der Waals surface area contributed by atoms with Crippen molar-refractivity contribution < 1.29 is 4.42 Å². The van der Waals surface area contributed by atoms with Gasteiger partial charge in [-0.2, -0.15) is 0 Å². The van der Waals surface area contributed by atoms with Crippen LogP contribution in [0.2, 0.25) is 0 Å². The fourth-order valence-electron chi connectivity index (χ4n) is 12.9. The normalized spacial score (nSPS) is 11.8. The number of hydrogen-bond acceptors (Lipinski definition) is 4. The lowest BCUT2D eigenvalue weighted by Gasteiger charge is -2.21. The van der Waals surface area contributed by atoms with E-state index in [2.05, 4.69) is 289 Å². The van der Waals surface area contributed by atoms with Crippen LogP contribution in [0.25, 0.3) is 161 Å². The van der Waals surface area contributed by atoms with Gasteiger partial charge in [-0.05, 0) is 123 Å². The molecule has 0 bridgehead atoms. The maximum Gasteiger partial charge on any atom is 0.164 e. The number of benzene rings is 12. The lowest BCUT2D eigenvalue weighted by atomic mass is 9.92. The van der Waals surface area contributed by atoms with Crippen LogP contribution in [0.4, 0.5) is 0 Å². The molecule has 12 aromatic carbocycles. The zero-order valence-corrected chi connectivity index (χ0v) is 47.3. The Bertz CT molecular complexity index is 5330. The van der Waals surface area contributed by atoms with E-state index < -0.39 is 0 Å². The summed E-state index contributed by atoms with van der Waals surface area (Å²) in [5.74, 6) is 1.62. The third kappa shape index (κ3) is 8.69. The van der Waals surface area contributed by atoms with Gasteiger partial charge in [0.25, 0.3) is 0 Å². The number of hydrogen-bond donors (Lipinski definition) is 0. The first-order valence-electron chi connectivity index (χ1n) is 29.3. The van der Waals surface area contributed by atoms with E-state index in [4.69, 9.17) is 19.4 Å². The summed E-state index contributed by atoms with van der Waals surface area (Å²) in [4.78, 5) is 16.4. The molecule has 0 N–H and O–H groups in total. The van der Waals surface area contributed by atoms with Gasteiger partial charge in [0.05, 0.1) is 38.5 Å². The van der Waals surface area contributed by atoms with Gasteiger partial charge in [0.2, 0.25) is 0 Å². The molecule has 0 aliphatic carbocycles. The predicted molar refractivity (Wildman–Crippen MR) is 362 cm³/mol. The number of allylic oxidation sites excluding steroid dienone is 4. The predicted octanol–water partition coefficient (Wildman–Crippen LogP) is 21.4. The monoisotopic (exact) mass is 1110 g/mol. The highest BCUT2D eigenvalue weighted by atomic mass is 16.3. The molecule has 6 heteroatoms. The molecule has 408 valence electrons. The van der Waals surface area contributed by atoms with Gasteiger partial charge in [0.1, 0.15) is 11.2 Å². The summed E-state index contributed by atoms with van der Waals surface area (Å²) in [6.45, 7) is 8.25. The van der Waals surface area contributed by atoms with Crippen molar-refractivity contribution in [3.8, 4) is 90.0 Å². The first kappa shape index (κ1) is 51.0. The SMILES string of the molecule is C=C/C=C(\C=C)c1cc(-c2ccccc2)cc(-c2nc(-c3ccc(-c4ccccc4)cc3)nc(-c3cc(-c4ccccc4)c(-n4c5ccccc5c5c6oc7c(ccc8c7c7ccccc7n8-c7ccccc7)c6ccc54)c(-c4ccccc4)c3)n2)c1. The van der Waals surface area contributed by atoms with Crippen LogP contribution in [0.5, 0.6) is 0 Å². The Morgan fingerprint density at radius 2 is 0.747 bits per heavy atom. The van der Waals surface area contributed by atoms with Gasteiger partial charge in [-0.25, -0.2) is 15.0 Å². The van der Waals surface area contributed by atoms with Crippen LogP contribution in [0.1, 0.15) is 5.56 Å². The molecule has 0 aliphatic heterocycles. The first-order valence-corrected chi connectivity index (χ1v) is 29.3. The lowest BCUT2D eigenvalue weighted by Crippen LogP contribution is -2.04. The third-order valence-corrected chi connectivity index (χ3v) is 16.9. The highest BCUT2D eigenvalue weighted by Gasteiger charge is 2.27. The maximum atomic E-state index is 7.43. The molecule has 87 heavy (non-hydrogen) atoms. The lowest BCUT2D eigenvalue weighted by molar-refractivity contribution is 0.677. The number of fused-ring (bicyclic) bond motifs is 11. The maximum absolute atomic E-state index is 7.43. The minimum atomic E-state index is 0.534. The van der Waals surface area contributed by atoms with Crippen molar-refractivity contribution >= 4 is 71.1 Å². The molecule has 16 aromatic rings. The largest absolute Gasteiger partial charge is 0.455 e. The Morgan fingerprint density at radius 3 is 1.28 bits per heavy atom. The molecule has 4 heterocycles. The fraction of sp³-hybridized carbons (Fsp3) is 0. The molecule has 0 unspecified atom stereocenters. The highest BCUT2D eigenvalue weighted by Crippen LogP contribution is 2.48. The van der Waals surface area contributed by atoms with E-state index >= 15 is 0 Å². The molecule has 0 radical (unpaired) electrons. The van der Waals surface area contributed by atoms with Gasteiger partial charge in [-0.3, -0.25) is 0 Å². The molecular formula is C81H53N5O. The Kier molecular flexibility index (Phi) is 12.4. The smallest absolute Gasteiger partial charge is 0.164 e. The summed E-state index contributed by atoms with van der Waals surface area (Å²) in [5.41, 5.74) is 21.0. The van der Waals surface area contributed by atoms with E-state index in [-0.39, 0.29) is 0 Å². The van der Waals surface area contributed by atoms with Crippen LogP contribution in [-0.2, 0) is 0 Å². The number of rotatable bonds is 12. The van der Waals surface area contributed by atoms with E-state index in [0.29, 0.717) is 17.5 Å². The van der Waals surface area contributed by atoms with E-state index in [0.717, 1.165) is 149 Å². The van der Waals surface area contributed by atoms with Crippen molar-refractivity contribution in [1.29, 1.82) is 0 Å². The molecule has 0 saturated heterocycles. The van der Waals surface area contributed by atoms with Crippen molar-refractivity contribution in [1.82, 2.24) is 24.1 Å². The molecule has 4 aromatic heterocycles. The zero-order valence-electron chi connectivity index (χ0n) is 47.3. The van der Waals surface area contributed by atoms with Gasteiger partial charge < -0.3 is 13.6 Å². The van der Waals surface area contributed by atoms with Crippen LogP contribution in [-0.4, -0.2) is 24.1 Å². The number of furan rings is 1. The standard InChI is InChI=1S/C81H53N5O/c1-3-24-52(4-2)59-47-60(54-27-12-6-13-28-54)49-61(48-59)80-82-79(58-41-39-55(40-42-58)53-25-10-5-11-26-53)83-81(84-80)62-50-68(56-29-14-7-15-30-56)76(69(51-62)57-31-16-8-17-32-57)86-71-38-23-21-36-67(71)75-73(86)46-44-65-64-43-45-72-74(77(64)87-78(65)75)66-35-20-22-37-70(66)85(72)63-33-18-9-19-34-63/h3-51H,1-2H2/b52-24+. The summed E-state index contributed by atoms with van der Waals surface area (Å²) in [7, 11) is 0. The van der Waals surface area contributed by atoms with Crippen molar-refractivity contribution in [2.75, 3.05) is 0 Å². The van der Waals surface area contributed by atoms with Gasteiger partial charge in [0.15, 0.2) is 17.5 Å². The van der Waals surface area contributed by atoms with Crippen molar-refractivity contribution in [2.45, 2.75) is 0 Å². The molecule has 0 spiro atoms. The molecule has 16 rings (SSSR count). The summed E-state index contributed by atoms with van der Waals surface area (Å²) < 4.78 is 12.2. The topological polar surface area (TPSA) is 61.7 Å². The number of aromatic nitrogens is 5. The van der Waals surface area contributed by atoms with Crippen LogP contribution in [0, 0.1) is 0 Å². The summed E-state index contributed by atoms with van der Waals surface area (Å²) in [6, 6.07) is 98.8. The fourth-order valence-corrected chi connectivity index (χ4v) is 12.9. The summed E-state index contributed by atoms with van der Waals surface area (Å²) in [5, 5.41) is 6.52. The van der Waals surface area contributed by atoms with Gasteiger partial charge in [0, 0.05) is 55.0 Å². The molecule has 0 aliphatic rings. The minimum Gasteiger partial charge on any atom is -0.455 e. The van der Waals surface area contributed by atoms with Gasteiger partial charge in [-0.15, -0.1) is 0 Å². The zero-order chi connectivity index (χ0) is 58.0. The van der Waals surface area contributed by atoms with E-state index in [9.17, 15) is 0 Å². The minimum absolute atomic E-state index is 0.534. The Balaban J connectivity index is 0.964. The number of para-hydroxylation sites is 3. The van der Waals surface area contributed by atoms with Crippen LogP contribution < -0.4 is 0 Å². The average Bonchev–Trinajstić information content (AvgIpc) is 1.62. The quantitative estimate of drug-likeness (QED) is 0.114. The Labute approximate surface area is 502 Å². The van der Waals surface area contributed by atoms with Crippen molar-refractivity contribution in [3.63, 3.8) is 0 Å². The number of nitrogens with zero attached hydrogens (tertiary/aromatic N) is 5. The van der Waals surface area contributed by atoms with E-state index in [1.54, 1.807) is 6.08 Å². The highest BCUT2D eigenvalue weighted by molar-refractivity contribution is 6.29. The summed E-state index contributed by atoms with van der Waals surface area (Å²) >= 11 is 0. The average molecular weight is 1110 g/mol. The second-order valence-electron chi connectivity index (χ2n) is 21.9. The van der Waals surface area contributed by atoms with Crippen LogP contribution in [0.3, 0.4) is 0 Å². The molecule has 0 atom stereocenters. The van der Waals surface area contributed by atoms with Crippen LogP contribution in [0.15, 0.2) is 315 Å². The first-order chi connectivity index (χ1) is 43.1. The van der Waals surface area contributed by atoms with Crippen LogP contribution >= 0.6 is 0 Å². The molecule has 6 nitrogen and oxygen atoms in total.